The lowest BCUT2D eigenvalue weighted by Crippen LogP contribution is -2.49. The van der Waals surface area contributed by atoms with Crippen LogP contribution < -0.4 is 21.3 Å². The Kier molecular flexibility index (Phi) is 13.0. The van der Waals surface area contributed by atoms with Gasteiger partial charge in [0, 0.05) is 24.9 Å². The molecule has 0 spiro atoms. The van der Waals surface area contributed by atoms with E-state index in [-0.39, 0.29) is 37.1 Å². The van der Waals surface area contributed by atoms with Crippen LogP contribution in [0, 0.1) is 5.82 Å². The standard InChI is InChI=1S/C33H37FN4O8/c1-20(39)26(37-33(46)38-27(32(44)45)15-16-29(40)41)8-4-5-17-35-31(43)28(36-30(42)23-11-13-25(34)14-12-23)19-21-9-10-22-6-2-3-7-24(22)18-21/h2-3,6-7,9-14,18,26-28,39H,1,4-5,8,15-17,19H2,(H,35,43)(H,36,42)(H,40,41)(H,44,45)(H2,37,38,46). The van der Waals surface area contributed by atoms with Gasteiger partial charge < -0.3 is 36.6 Å². The van der Waals surface area contributed by atoms with E-state index < -0.39 is 60.1 Å². The second-order valence-corrected chi connectivity index (χ2v) is 10.7. The maximum atomic E-state index is 13.4. The zero-order chi connectivity index (χ0) is 33.6. The Hall–Kier alpha value is -5.46. The molecule has 13 heteroatoms. The molecule has 0 aliphatic carbocycles. The van der Waals surface area contributed by atoms with Gasteiger partial charge in [0.15, 0.2) is 0 Å². The SMILES string of the molecule is C=C(O)C(CCCCNC(=O)C(Cc1ccc2ccccc2c1)NC(=O)c1ccc(F)cc1)NC(=O)NC(CCC(=O)O)C(=O)O. The van der Waals surface area contributed by atoms with Gasteiger partial charge in [-0.05, 0) is 66.3 Å². The number of hydrogen-bond acceptors (Lipinski definition) is 6. The summed E-state index contributed by atoms with van der Waals surface area (Å²) in [5, 5.41) is 40.1. The minimum absolute atomic E-state index is 0.193. The van der Waals surface area contributed by atoms with E-state index in [0.29, 0.717) is 12.8 Å². The first kappa shape index (κ1) is 35.0. The Morgan fingerprint density at radius 3 is 2.09 bits per heavy atom. The number of benzene rings is 3. The van der Waals surface area contributed by atoms with E-state index in [2.05, 4.69) is 27.8 Å². The number of carboxylic acid groups (broad SMARTS) is 2. The molecule has 0 bridgehead atoms. The number of fused-ring (bicyclic) bond motifs is 1. The third-order valence-corrected chi connectivity index (χ3v) is 7.16. The molecule has 46 heavy (non-hydrogen) atoms. The van der Waals surface area contributed by atoms with E-state index in [1.807, 2.05) is 42.5 Å². The van der Waals surface area contributed by atoms with Crippen molar-refractivity contribution in [3.05, 3.63) is 96.0 Å². The molecule has 0 aromatic heterocycles. The average Bonchev–Trinajstić information content (AvgIpc) is 3.01. The van der Waals surface area contributed by atoms with Crippen molar-refractivity contribution in [2.24, 2.45) is 0 Å². The molecule has 0 saturated heterocycles. The Morgan fingerprint density at radius 1 is 0.761 bits per heavy atom. The lowest BCUT2D eigenvalue weighted by molar-refractivity contribution is -0.140. The van der Waals surface area contributed by atoms with Crippen LogP contribution in [0.15, 0.2) is 79.1 Å². The van der Waals surface area contributed by atoms with Crippen LogP contribution in [0.3, 0.4) is 0 Å². The van der Waals surface area contributed by atoms with Crippen molar-refractivity contribution in [1.29, 1.82) is 0 Å². The van der Waals surface area contributed by atoms with Crippen molar-refractivity contribution in [2.75, 3.05) is 6.54 Å². The highest BCUT2D eigenvalue weighted by atomic mass is 19.1. The largest absolute Gasteiger partial charge is 0.511 e. The van der Waals surface area contributed by atoms with Crippen LogP contribution in [0.1, 0.15) is 48.0 Å². The summed E-state index contributed by atoms with van der Waals surface area (Å²) >= 11 is 0. The first-order valence-corrected chi connectivity index (χ1v) is 14.6. The smallest absolute Gasteiger partial charge is 0.326 e. The lowest BCUT2D eigenvalue weighted by Gasteiger charge is -2.21. The molecule has 3 aromatic rings. The fraction of sp³-hybridized carbons (Fsp3) is 0.303. The van der Waals surface area contributed by atoms with E-state index in [9.17, 15) is 38.6 Å². The van der Waals surface area contributed by atoms with Crippen LogP contribution in [-0.2, 0) is 20.8 Å². The monoisotopic (exact) mass is 636 g/mol. The summed E-state index contributed by atoms with van der Waals surface area (Å²) in [6.45, 7) is 3.64. The van der Waals surface area contributed by atoms with Crippen molar-refractivity contribution in [2.45, 2.75) is 56.7 Å². The fourth-order valence-corrected chi connectivity index (χ4v) is 4.67. The Morgan fingerprint density at radius 2 is 1.43 bits per heavy atom. The number of carboxylic acids is 2. The predicted octanol–water partition coefficient (Wildman–Crippen LogP) is 3.66. The zero-order valence-electron chi connectivity index (χ0n) is 25.0. The molecule has 12 nitrogen and oxygen atoms in total. The maximum absolute atomic E-state index is 13.4. The number of hydrogen-bond donors (Lipinski definition) is 7. The molecule has 0 aliphatic rings. The summed E-state index contributed by atoms with van der Waals surface area (Å²) in [7, 11) is 0. The van der Waals surface area contributed by atoms with E-state index in [0.717, 1.165) is 28.5 Å². The number of aliphatic carboxylic acids is 2. The third kappa shape index (κ3) is 11.2. The number of nitrogens with one attached hydrogen (secondary N) is 4. The molecule has 0 saturated carbocycles. The summed E-state index contributed by atoms with van der Waals surface area (Å²) in [6, 6.07) is 14.2. The van der Waals surface area contributed by atoms with Gasteiger partial charge in [0.25, 0.3) is 5.91 Å². The molecule has 0 radical (unpaired) electrons. The second kappa shape index (κ2) is 17.1. The number of aliphatic hydroxyl groups is 1. The number of rotatable bonds is 17. The number of urea groups is 1. The fourth-order valence-electron chi connectivity index (χ4n) is 4.67. The highest BCUT2D eigenvalue weighted by Gasteiger charge is 2.24. The number of unbranched alkanes of at least 4 members (excludes halogenated alkanes) is 1. The average molecular weight is 637 g/mol. The summed E-state index contributed by atoms with van der Waals surface area (Å²) in [4.78, 5) is 60.5. The number of carbonyl (C=O) groups excluding carboxylic acids is 3. The zero-order valence-corrected chi connectivity index (χ0v) is 25.0. The Bertz CT molecular complexity index is 1560. The number of halogens is 1. The molecule has 3 rings (SSSR count). The van der Waals surface area contributed by atoms with Crippen LogP contribution >= 0.6 is 0 Å². The first-order chi connectivity index (χ1) is 21.9. The highest BCUT2D eigenvalue weighted by molar-refractivity contribution is 5.97. The van der Waals surface area contributed by atoms with Crippen LogP contribution in [0.5, 0.6) is 0 Å². The van der Waals surface area contributed by atoms with Crippen molar-refractivity contribution in [1.82, 2.24) is 21.3 Å². The normalized spacial score (nSPS) is 12.7. The molecule has 3 unspecified atom stereocenters. The predicted molar refractivity (Wildman–Crippen MR) is 168 cm³/mol. The van der Waals surface area contributed by atoms with Crippen LogP contribution in [-0.4, -0.2) is 69.8 Å². The van der Waals surface area contributed by atoms with Gasteiger partial charge in [0.1, 0.15) is 23.7 Å². The van der Waals surface area contributed by atoms with E-state index >= 15 is 0 Å². The second-order valence-electron chi connectivity index (χ2n) is 10.7. The van der Waals surface area contributed by atoms with Crippen LogP contribution in [0.4, 0.5) is 9.18 Å². The van der Waals surface area contributed by atoms with Gasteiger partial charge in [-0.3, -0.25) is 14.4 Å². The van der Waals surface area contributed by atoms with Gasteiger partial charge in [0.2, 0.25) is 5.91 Å². The van der Waals surface area contributed by atoms with Crippen molar-refractivity contribution in [3.63, 3.8) is 0 Å². The van der Waals surface area contributed by atoms with Gasteiger partial charge >= 0.3 is 18.0 Å². The summed E-state index contributed by atoms with van der Waals surface area (Å²) in [5.74, 6) is -4.45. The van der Waals surface area contributed by atoms with E-state index in [1.165, 1.54) is 12.1 Å². The molecule has 3 atom stereocenters. The summed E-state index contributed by atoms with van der Waals surface area (Å²) < 4.78 is 13.4. The molecular formula is C33H37FN4O8. The third-order valence-electron chi connectivity index (χ3n) is 7.16. The molecule has 0 fully saturated rings. The molecular weight excluding hydrogens is 599 g/mol. The van der Waals surface area contributed by atoms with E-state index in [1.54, 1.807) is 0 Å². The van der Waals surface area contributed by atoms with Crippen molar-refractivity contribution >= 4 is 40.6 Å². The maximum Gasteiger partial charge on any atom is 0.326 e. The van der Waals surface area contributed by atoms with Crippen molar-refractivity contribution in [3.8, 4) is 0 Å². The summed E-state index contributed by atoms with van der Waals surface area (Å²) in [5.41, 5.74) is 1.01. The van der Waals surface area contributed by atoms with Gasteiger partial charge in [-0.15, -0.1) is 0 Å². The first-order valence-electron chi connectivity index (χ1n) is 14.6. The quantitative estimate of drug-likeness (QED) is 0.0861. The Labute approximate surface area is 264 Å². The van der Waals surface area contributed by atoms with Gasteiger partial charge in [0.05, 0.1) is 6.04 Å². The van der Waals surface area contributed by atoms with E-state index in [4.69, 9.17) is 5.11 Å². The molecule has 3 aromatic carbocycles. The lowest BCUT2D eigenvalue weighted by atomic mass is 10.0. The minimum atomic E-state index is -1.44. The number of aliphatic hydroxyl groups excluding tert-OH is 1. The topological polar surface area (TPSA) is 194 Å². The Balaban J connectivity index is 1.56. The van der Waals surface area contributed by atoms with Gasteiger partial charge in [-0.2, -0.15) is 0 Å². The number of amides is 4. The molecule has 7 N–H and O–H groups in total. The number of carbonyl (C=O) groups is 5. The van der Waals surface area contributed by atoms with Crippen LogP contribution in [0.25, 0.3) is 10.8 Å². The molecule has 4 amide bonds. The van der Waals surface area contributed by atoms with Crippen LogP contribution in [0.2, 0.25) is 0 Å². The molecule has 244 valence electrons. The van der Waals surface area contributed by atoms with Gasteiger partial charge in [-0.25, -0.2) is 14.0 Å². The van der Waals surface area contributed by atoms with Gasteiger partial charge in [-0.1, -0.05) is 49.0 Å². The molecule has 0 aliphatic heterocycles. The molecule has 0 heterocycles. The van der Waals surface area contributed by atoms with Crippen molar-refractivity contribution < 1.29 is 43.7 Å². The minimum Gasteiger partial charge on any atom is -0.511 e. The summed E-state index contributed by atoms with van der Waals surface area (Å²) in [6.07, 6.45) is 0.437. The highest BCUT2D eigenvalue weighted by Crippen LogP contribution is 2.17.